The van der Waals surface area contributed by atoms with Crippen molar-refractivity contribution in [2.75, 3.05) is 13.1 Å². The lowest BCUT2D eigenvalue weighted by Gasteiger charge is -2.70. The van der Waals surface area contributed by atoms with E-state index in [0.717, 1.165) is 69.2 Å². The van der Waals surface area contributed by atoms with Crippen molar-refractivity contribution in [2.45, 2.75) is 92.9 Å². The molecule has 0 spiro atoms. The maximum atomic E-state index is 13.6. The zero-order valence-electron chi connectivity index (χ0n) is 23.1. The van der Waals surface area contributed by atoms with E-state index in [1.807, 2.05) is 6.92 Å². The zero-order valence-corrected chi connectivity index (χ0v) is 23.1. The van der Waals surface area contributed by atoms with Crippen LogP contribution in [0.15, 0.2) is 46.3 Å². The van der Waals surface area contributed by atoms with E-state index in [1.165, 1.54) is 12.0 Å². The summed E-state index contributed by atoms with van der Waals surface area (Å²) in [5, 5.41) is 10.3. The molecule has 3 saturated carbocycles. The minimum Gasteiger partial charge on any atom is -0.504 e. The second-order valence-corrected chi connectivity index (χ2v) is 14.3. The van der Waals surface area contributed by atoms with Gasteiger partial charge in [0.25, 0.3) is 0 Å². The Balaban J connectivity index is 1.43. The van der Waals surface area contributed by atoms with E-state index in [9.17, 15) is 14.7 Å². The number of nitrogens with zero attached hydrogens (tertiary/aromatic N) is 1. The molecule has 0 radical (unpaired) electrons. The Hall–Kier alpha value is -2.10. The molecule has 0 aromatic carbocycles. The van der Waals surface area contributed by atoms with E-state index in [2.05, 4.69) is 51.7 Å². The lowest BCUT2D eigenvalue weighted by molar-refractivity contribution is -0.176. The average molecular weight is 490 g/mol. The van der Waals surface area contributed by atoms with Crippen molar-refractivity contribution < 1.29 is 14.7 Å². The average Bonchev–Trinajstić information content (AvgIpc) is 2.80. The maximum absolute atomic E-state index is 13.6. The third kappa shape index (κ3) is 2.82. The molecular weight excluding hydrogens is 446 g/mol. The number of aliphatic hydroxyl groups is 1. The Morgan fingerprint density at radius 2 is 1.67 bits per heavy atom. The van der Waals surface area contributed by atoms with Crippen LogP contribution in [0.5, 0.6) is 0 Å². The number of carbonyl (C=O) groups excluding carboxylic acids is 2. The fraction of sp³-hybridized carbons (Fsp3) is 0.688. The lowest BCUT2D eigenvalue weighted by Crippen LogP contribution is -2.63. The fourth-order valence-corrected chi connectivity index (χ4v) is 9.55. The highest BCUT2D eigenvalue weighted by Crippen LogP contribution is 2.75. The van der Waals surface area contributed by atoms with Crippen molar-refractivity contribution >= 4 is 11.7 Å². The fourth-order valence-electron chi connectivity index (χ4n) is 9.55. The summed E-state index contributed by atoms with van der Waals surface area (Å²) in [6.45, 7) is 15.9. The van der Waals surface area contributed by atoms with E-state index >= 15 is 0 Å². The van der Waals surface area contributed by atoms with Crippen LogP contribution in [0, 0.1) is 33.0 Å². The summed E-state index contributed by atoms with van der Waals surface area (Å²) in [5.74, 6) is 0.518. The van der Waals surface area contributed by atoms with Gasteiger partial charge in [-0.1, -0.05) is 52.3 Å². The molecular formula is C32H43NO3. The van der Waals surface area contributed by atoms with Gasteiger partial charge < -0.3 is 10.0 Å². The second-order valence-electron chi connectivity index (χ2n) is 14.3. The number of ketones is 1. The molecule has 4 nitrogen and oxygen atoms in total. The van der Waals surface area contributed by atoms with Crippen molar-refractivity contribution in [1.82, 2.24) is 4.90 Å². The van der Waals surface area contributed by atoms with Crippen LogP contribution in [0.25, 0.3) is 0 Å². The Bertz CT molecular complexity index is 1200. The third-order valence-electron chi connectivity index (χ3n) is 12.5. The molecule has 0 aromatic rings. The number of allylic oxidation sites excluding steroid dienone is 7. The topological polar surface area (TPSA) is 57.6 Å². The van der Waals surface area contributed by atoms with E-state index in [1.54, 1.807) is 6.08 Å². The van der Waals surface area contributed by atoms with Crippen LogP contribution < -0.4 is 0 Å². The number of carbonyl (C=O) groups is 2. The first-order chi connectivity index (χ1) is 16.8. The second kappa shape index (κ2) is 7.26. The minimum atomic E-state index is -0.260. The van der Waals surface area contributed by atoms with Crippen LogP contribution in [0.1, 0.15) is 92.9 Å². The summed E-state index contributed by atoms with van der Waals surface area (Å²) < 4.78 is 0. The van der Waals surface area contributed by atoms with Crippen molar-refractivity contribution in [1.29, 1.82) is 0 Å². The summed E-state index contributed by atoms with van der Waals surface area (Å²) in [6.07, 6.45) is 14.9. The monoisotopic (exact) mass is 489 g/mol. The first-order valence-electron chi connectivity index (χ1n) is 14.2. The van der Waals surface area contributed by atoms with Gasteiger partial charge in [0.1, 0.15) is 0 Å². The van der Waals surface area contributed by atoms with E-state index in [0.29, 0.717) is 17.4 Å². The summed E-state index contributed by atoms with van der Waals surface area (Å²) in [7, 11) is 0. The van der Waals surface area contributed by atoms with Crippen LogP contribution in [-0.4, -0.2) is 34.8 Å². The van der Waals surface area contributed by atoms with Gasteiger partial charge in [-0.05, 0) is 97.7 Å². The van der Waals surface area contributed by atoms with Crippen LogP contribution in [-0.2, 0) is 9.59 Å². The molecule has 6 aliphatic rings. The number of rotatable bonds is 1. The van der Waals surface area contributed by atoms with Gasteiger partial charge in [0, 0.05) is 29.5 Å². The number of fused-ring (bicyclic) bond motifs is 7. The summed E-state index contributed by atoms with van der Waals surface area (Å²) >= 11 is 0. The molecule has 1 amide bonds. The standard InChI is InChI=1S/C32H43NO3/c1-20-21-8-9-24-30(4,22(21)18-23(34)26(20)35)13-15-32(6)25-19-29(3,27(36)33-16-7-17-33)11-10-28(25,2)12-14-31(24,32)5/h8-9,18,25,35H,7,10-17,19H2,1-6H3/t25-,28-,29-,30+,31-,32+/m1/s1. The largest absolute Gasteiger partial charge is 0.504 e. The number of hydrogen-bond donors (Lipinski definition) is 1. The van der Waals surface area contributed by atoms with Crippen LogP contribution in [0.2, 0.25) is 0 Å². The Kier molecular flexibility index (Phi) is 4.89. The maximum Gasteiger partial charge on any atom is 0.228 e. The van der Waals surface area contributed by atoms with Crippen LogP contribution in [0.3, 0.4) is 0 Å². The lowest BCUT2D eigenvalue weighted by atomic mass is 9.34. The van der Waals surface area contributed by atoms with Crippen molar-refractivity contribution in [3.8, 4) is 0 Å². The smallest absolute Gasteiger partial charge is 0.228 e. The molecule has 1 N–H and O–H groups in total. The highest BCUT2D eigenvalue weighted by Gasteiger charge is 2.67. The summed E-state index contributed by atoms with van der Waals surface area (Å²) in [4.78, 5) is 28.4. The minimum absolute atomic E-state index is 0.00522. The molecule has 4 heteroatoms. The number of aliphatic hydroxyl groups excluding tert-OH is 1. The van der Waals surface area contributed by atoms with Gasteiger partial charge in [-0.25, -0.2) is 0 Å². The van der Waals surface area contributed by atoms with Crippen molar-refractivity contribution in [3.05, 3.63) is 46.3 Å². The molecule has 6 atom stereocenters. The molecule has 5 aliphatic carbocycles. The molecule has 1 saturated heterocycles. The SMILES string of the molecule is CC1=C(O)C(=O)C=C2C1=CC=C1[C@@]2(C)CC[C@@]2(C)[C@@H]3C[C@](C)(C(=O)N4CCC4)CC[C@]3(C)CC[C@]12C. The molecule has 6 rings (SSSR count). The molecule has 4 fully saturated rings. The van der Waals surface area contributed by atoms with Crippen LogP contribution in [0.4, 0.5) is 0 Å². The first-order valence-corrected chi connectivity index (χ1v) is 14.2. The normalized spacial score (nSPS) is 45.8. The molecule has 0 aromatic heterocycles. The van der Waals surface area contributed by atoms with Gasteiger partial charge in [-0.15, -0.1) is 0 Å². The molecule has 0 bridgehead atoms. The van der Waals surface area contributed by atoms with Crippen molar-refractivity contribution in [3.63, 3.8) is 0 Å². The van der Waals surface area contributed by atoms with Gasteiger partial charge in [0.05, 0.1) is 0 Å². The number of amides is 1. The molecule has 1 aliphatic heterocycles. The Morgan fingerprint density at radius 1 is 0.972 bits per heavy atom. The number of hydrogen-bond acceptors (Lipinski definition) is 3. The van der Waals surface area contributed by atoms with E-state index in [4.69, 9.17) is 0 Å². The number of likely N-dealkylation sites (tertiary alicyclic amines) is 1. The first kappa shape index (κ1) is 24.2. The highest BCUT2D eigenvalue weighted by molar-refractivity contribution is 6.06. The van der Waals surface area contributed by atoms with Gasteiger partial charge in [-0.2, -0.15) is 0 Å². The van der Waals surface area contributed by atoms with E-state index < -0.39 is 0 Å². The highest BCUT2D eigenvalue weighted by atomic mass is 16.3. The van der Waals surface area contributed by atoms with Gasteiger partial charge in [-0.3, -0.25) is 9.59 Å². The van der Waals surface area contributed by atoms with Gasteiger partial charge in [0.2, 0.25) is 11.7 Å². The Morgan fingerprint density at radius 3 is 2.33 bits per heavy atom. The zero-order chi connectivity index (χ0) is 25.9. The predicted octanol–water partition coefficient (Wildman–Crippen LogP) is 6.85. The van der Waals surface area contributed by atoms with E-state index in [-0.39, 0.29) is 38.6 Å². The van der Waals surface area contributed by atoms with Gasteiger partial charge >= 0.3 is 0 Å². The predicted molar refractivity (Wildman–Crippen MR) is 142 cm³/mol. The molecule has 0 unspecified atom stereocenters. The van der Waals surface area contributed by atoms with Crippen LogP contribution >= 0.6 is 0 Å². The Labute approximate surface area is 216 Å². The molecule has 36 heavy (non-hydrogen) atoms. The van der Waals surface area contributed by atoms with Crippen molar-refractivity contribution in [2.24, 2.45) is 33.0 Å². The molecule has 1 heterocycles. The molecule has 194 valence electrons. The third-order valence-corrected chi connectivity index (χ3v) is 12.5. The summed E-state index contributed by atoms with van der Waals surface area (Å²) in [6, 6.07) is 0. The quantitative estimate of drug-likeness (QED) is 0.438. The summed E-state index contributed by atoms with van der Waals surface area (Å²) in [5.41, 5.74) is 4.21. The van der Waals surface area contributed by atoms with Gasteiger partial charge in [0.15, 0.2) is 5.76 Å².